The van der Waals surface area contributed by atoms with Crippen LogP contribution in [0.25, 0.3) is 10.8 Å². The van der Waals surface area contributed by atoms with Crippen molar-refractivity contribution >= 4 is 57.4 Å². The number of benzene rings is 4. The van der Waals surface area contributed by atoms with Crippen LogP contribution in [0.1, 0.15) is 49.1 Å². The number of halogens is 2. The molecule has 1 aliphatic heterocycles. The summed E-state index contributed by atoms with van der Waals surface area (Å²) in [6.07, 6.45) is 0.587. The zero-order valence-electron chi connectivity index (χ0n) is 21.0. The summed E-state index contributed by atoms with van der Waals surface area (Å²) in [5, 5.41) is 14.9. The van der Waals surface area contributed by atoms with Crippen LogP contribution in [0.2, 0.25) is 10.0 Å². The number of carbonyl (C=O) groups excluding carboxylic acids is 3. The van der Waals surface area contributed by atoms with Gasteiger partial charge in [0.25, 0.3) is 11.8 Å². The Kier molecular flexibility index (Phi) is 7.46. The molecule has 0 unspecified atom stereocenters. The van der Waals surface area contributed by atoms with Crippen LogP contribution in [0.5, 0.6) is 5.75 Å². The Morgan fingerprint density at radius 2 is 1.59 bits per heavy atom. The van der Waals surface area contributed by atoms with E-state index in [1.807, 2.05) is 12.1 Å². The van der Waals surface area contributed by atoms with Gasteiger partial charge in [0.15, 0.2) is 5.75 Å². The molecule has 0 aliphatic carbocycles. The average molecular weight is 563 g/mol. The Balaban J connectivity index is 1.36. The molecule has 0 spiro atoms. The summed E-state index contributed by atoms with van der Waals surface area (Å²) in [5.74, 6) is -1.32. The van der Waals surface area contributed by atoms with Crippen molar-refractivity contribution in [1.29, 1.82) is 0 Å². The van der Waals surface area contributed by atoms with E-state index < -0.39 is 5.97 Å². The van der Waals surface area contributed by atoms with Gasteiger partial charge in [-0.05, 0) is 66.9 Å². The Morgan fingerprint density at radius 1 is 0.923 bits per heavy atom. The van der Waals surface area contributed by atoms with E-state index in [-0.39, 0.29) is 40.8 Å². The molecule has 1 aliphatic rings. The summed E-state index contributed by atoms with van der Waals surface area (Å²) >= 11 is 12.1. The molecule has 7 nitrogen and oxygen atoms in total. The number of rotatable bonds is 8. The maximum atomic E-state index is 13.4. The summed E-state index contributed by atoms with van der Waals surface area (Å²) in [7, 11) is 0. The van der Waals surface area contributed by atoms with Gasteiger partial charge in [-0.2, -0.15) is 0 Å². The van der Waals surface area contributed by atoms with Gasteiger partial charge < -0.3 is 15.2 Å². The number of nitrogens with one attached hydrogen (secondary N) is 1. The molecule has 4 aromatic rings. The van der Waals surface area contributed by atoms with Crippen LogP contribution in [0.4, 0.5) is 5.69 Å². The first-order chi connectivity index (χ1) is 18.8. The van der Waals surface area contributed by atoms with Gasteiger partial charge in [0.1, 0.15) is 0 Å². The lowest BCUT2D eigenvalue weighted by Gasteiger charge is -2.28. The van der Waals surface area contributed by atoms with Crippen molar-refractivity contribution < 1.29 is 24.2 Å². The van der Waals surface area contributed by atoms with Crippen molar-refractivity contribution in [3.63, 3.8) is 0 Å². The molecule has 0 saturated heterocycles. The Bertz CT molecular complexity index is 1570. The van der Waals surface area contributed by atoms with Gasteiger partial charge in [0, 0.05) is 34.1 Å². The van der Waals surface area contributed by atoms with Crippen LogP contribution >= 0.6 is 23.2 Å². The highest BCUT2D eigenvalue weighted by Gasteiger charge is 2.33. The van der Waals surface area contributed by atoms with Crippen molar-refractivity contribution in [3.8, 4) is 5.75 Å². The van der Waals surface area contributed by atoms with Gasteiger partial charge in [-0.3, -0.25) is 14.5 Å². The normalized spacial score (nSPS) is 12.6. The summed E-state index contributed by atoms with van der Waals surface area (Å²) in [6.45, 7) is 2.63. The summed E-state index contributed by atoms with van der Waals surface area (Å²) in [6, 6.07) is 19.0. The molecule has 4 aromatic carbocycles. The quantitative estimate of drug-likeness (QED) is 0.188. The summed E-state index contributed by atoms with van der Waals surface area (Å²) < 4.78 is 5.01. The van der Waals surface area contributed by atoms with E-state index in [2.05, 4.69) is 5.32 Å². The maximum Gasteiger partial charge on any atom is 0.338 e. The fourth-order valence-electron chi connectivity index (χ4n) is 4.69. The molecule has 9 heteroatoms. The molecule has 2 N–H and O–H groups in total. The van der Waals surface area contributed by atoms with Crippen molar-refractivity contribution in [2.45, 2.75) is 19.9 Å². The zero-order valence-corrected chi connectivity index (χ0v) is 22.5. The largest absolute Gasteiger partial charge is 0.505 e. The monoisotopic (exact) mass is 562 g/mol. The number of hydrogen-bond acceptors (Lipinski definition) is 6. The van der Waals surface area contributed by atoms with E-state index >= 15 is 0 Å². The molecule has 0 radical (unpaired) electrons. The second kappa shape index (κ2) is 11.0. The lowest BCUT2D eigenvalue weighted by Crippen LogP contribution is -2.39. The third-order valence-corrected chi connectivity index (χ3v) is 7.18. The van der Waals surface area contributed by atoms with Gasteiger partial charge in [0.05, 0.1) is 28.8 Å². The van der Waals surface area contributed by atoms with Crippen molar-refractivity contribution in [1.82, 2.24) is 4.90 Å². The molecule has 39 heavy (non-hydrogen) atoms. The van der Waals surface area contributed by atoms with Crippen LogP contribution in [0.3, 0.4) is 0 Å². The lowest BCUT2D eigenvalue weighted by molar-refractivity contribution is 0.0523. The minimum Gasteiger partial charge on any atom is -0.505 e. The first kappa shape index (κ1) is 26.5. The molecular formula is C30H24Cl2N2O5. The van der Waals surface area contributed by atoms with Crippen LogP contribution in [0.15, 0.2) is 66.7 Å². The Hall–Kier alpha value is -4.07. The minimum atomic E-state index is -0.421. The number of hydrogen-bond donors (Lipinski definition) is 2. The summed E-state index contributed by atoms with van der Waals surface area (Å²) in [4.78, 5) is 40.0. The molecule has 198 valence electrons. The number of amides is 2. The van der Waals surface area contributed by atoms with Gasteiger partial charge in [-0.1, -0.05) is 47.5 Å². The van der Waals surface area contributed by atoms with Crippen LogP contribution in [-0.4, -0.2) is 40.9 Å². The fraction of sp³-hybridized carbons (Fsp3) is 0.167. The van der Waals surface area contributed by atoms with Crippen molar-refractivity contribution in [2.24, 2.45) is 0 Å². The molecule has 0 saturated carbocycles. The van der Waals surface area contributed by atoms with E-state index in [1.165, 1.54) is 4.90 Å². The highest BCUT2D eigenvalue weighted by atomic mass is 35.5. The number of phenols is 1. The molecule has 2 amide bonds. The summed E-state index contributed by atoms with van der Waals surface area (Å²) in [5.41, 5.74) is 3.67. The Labute approximate surface area is 234 Å². The van der Waals surface area contributed by atoms with Crippen molar-refractivity contribution in [2.75, 3.05) is 18.5 Å². The standard InChI is InChI=1S/C30H24Cl2N2O5/c1-2-39-30(38)19-8-6-17(7-9-19)16-34-28(36)21-5-3-4-20-25(11-10-22(26(20)21)29(34)37)33-13-12-18-14-23(31)27(35)24(32)15-18/h3-11,14-15,33,35H,2,12-13,16H2,1H3. The zero-order chi connectivity index (χ0) is 27.7. The maximum absolute atomic E-state index is 13.4. The van der Waals surface area contributed by atoms with Gasteiger partial charge >= 0.3 is 5.97 Å². The second-order valence-electron chi connectivity index (χ2n) is 9.09. The molecule has 1 heterocycles. The third-order valence-electron chi connectivity index (χ3n) is 6.60. The minimum absolute atomic E-state index is 0.0777. The number of anilines is 1. The lowest BCUT2D eigenvalue weighted by atomic mass is 9.92. The van der Waals surface area contributed by atoms with Gasteiger partial charge in [-0.15, -0.1) is 0 Å². The topological polar surface area (TPSA) is 95.9 Å². The van der Waals surface area contributed by atoms with Crippen LogP contribution in [0, 0.1) is 0 Å². The molecule has 0 bridgehead atoms. The highest BCUT2D eigenvalue weighted by Crippen LogP contribution is 2.36. The Morgan fingerprint density at radius 3 is 2.26 bits per heavy atom. The number of phenolic OH excluding ortho intramolecular Hbond substituents is 1. The van der Waals surface area contributed by atoms with Gasteiger partial charge in [0.2, 0.25) is 0 Å². The first-order valence-electron chi connectivity index (χ1n) is 12.4. The predicted octanol–water partition coefficient (Wildman–Crippen LogP) is 6.48. The van der Waals surface area contributed by atoms with E-state index in [0.29, 0.717) is 40.6 Å². The number of carbonyl (C=O) groups is 3. The first-order valence-corrected chi connectivity index (χ1v) is 13.1. The SMILES string of the molecule is CCOC(=O)c1ccc(CN2C(=O)c3cccc4c(NCCc5cc(Cl)c(O)c(Cl)c5)ccc(c34)C2=O)cc1. The molecular weight excluding hydrogens is 539 g/mol. The van der Waals surface area contributed by atoms with E-state index in [0.717, 1.165) is 16.6 Å². The highest BCUT2D eigenvalue weighted by molar-refractivity contribution is 6.37. The van der Waals surface area contributed by atoms with E-state index in [4.69, 9.17) is 27.9 Å². The number of aromatic hydroxyl groups is 1. The van der Waals surface area contributed by atoms with Crippen LogP contribution in [-0.2, 0) is 17.7 Å². The molecule has 5 rings (SSSR count). The second-order valence-corrected chi connectivity index (χ2v) is 9.90. The van der Waals surface area contributed by atoms with E-state index in [1.54, 1.807) is 61.5 Å². The number of nitrogens with zero attached hydrogens (tertiary/aromatic N) is 1. The number of imide groups is 1. The van der Waals surface area contributed by atoms with Crippen molar-refractivity contribution in [3.05, 3.63) is 105 Å². The smallest absolute Gasteiger partial charge is 0.338 e. The van der Waals surface area contributed by atoms with E-state index in [9.17, 15) is 19.5 Å². The fourth-order valence-corrected chi connectivity index (χ4v) is 5.22. The molecule has 0 fully saturated rings. The predicted molar refractivity (Wildman–Crippen MR) is 151 cm³/mol. The van der Waals surface area contributed by atoms with Gasteiger partial charge in [-0.25, -0.2) is 4.79 Å². The number of esters is 1. The van der Waals surface area contributed by atoms with Crippen LogP contribution < -0.4 is 5.32 Å². The average Bonchev–Trinajstić information content (AvgIpc) is 2.93. The third kappa shape index (κ3) is 5.15. The number of ether oxygens (including phenoxy) is 1. The molecule has 0 aromatic heterocycles. The molecule has 0 atom stereocenters.